The minimum atomic E-state index is -0.0780. The molecule has 4 nitrogen and oxygen atoms in total. The molecule has 0 aromatic heterocycles. The van der Waals surface area contributed by atoms with Gasteiger partial charge in [0.1, 0.15) is 0 Å². The van der Waals surface area contributed by atoms with Crippen molar-refractivity contribution in [3.05, 3.63) is 0 Å². The first-order chi connectivity index (χ1) is 6.95. The number of nitrogens with two attached hydrogens (primary N) is 1. The fourth-order valence-electron chi connectivity index (χ4n) is 1.39. The zero-order valence-corrected chi connectivity index (χ0v) is 10.7. The van der Waals surface area contributed by atoms with Crippen LogP contribution >= 0.6 is 0 Å². The van der Waals surface area contributed by atoms with E-state index in [1.165, 1.54) is 0 Å². The maximum atomic E-state index is 5.50. The summed E-state index contributed by atoms with van der Waals surface area (Å²) in [4.78, 5) is 0. The van der Waals surface area contributed by atoms with Gasteiger partial charge in [-0.2, -0.15) is 0 Å². The van der Waals surface area contributed by atoms with Gasteiger partial charge in [0, 0.05) is 20.3 Å². The minimum absolute atomic E-state index is 0.0780. The van der Waals surface area contributed by atoms with Crippen molar-refractivity contribution in [3.63, 3.8) is 0 Å². The molecule has 0 heterocycles. The molecule has 0 spiro atoms. The van der Waals surface area contributed by atoms with Crippen molar-refractivity contribution in [1.29, 1.82) is 0 Å². The molecule has 2 atom stereocenters. The van der Waals surface area contributed by atoms with Gasteiger partial charge in [0.15, 0.2) is 0 Å². The van der Waals surface area contributed by atoms with Crippen LogP contribution in [0.25, 0.3) is 0 Å². The van der Waals surface area contributed by atoms with Gasteiger partial charge in [-0.15, -0.1) is 0 Å². The number of ether oxygens (including phenoxy) is 2. The lowest BCUT2D eigenvalue weighted by atomic mass is 9.96. The zero-order valence-electron chi connectivity index (χ0n) is 10.7. The van der Waals surface area contributed by atoms with E-state index < -0.39 is 0 Å². The van der Waals surface area contributed by atoms with E-state index in [2.05, 4.69) is 19.3 Å². The van der Waals surface area contributed by atoms with E-state index in [4.69, 9.17) is 15.3 Å². The second-order valence-electron chi connectivity index (χ2n) is 4.65. The topological polar surface area (TPSA) is 56.5 Å². The highest BCUT2D eigenvalue weighted by atomic mass is 16.5. The van der Waals surface area contributed by atoms with E-state index in [9.17, 15) is 0 Å². The van der Waals surface area contributed by atoms with Crippen LogP contribution in [0.15, 0.2) is 0 Å². The first-order valence-electron chi connectivity index (χ1n) is 5.49. The van der Waals surface area contributed by atoms with Gasteiger partial charge in [-0.05, 0) is 40.0 Å². The number of hydrogen-bond donors (Lipinski definition) is 2. The van der Waals surface area contributed by atoms with E-state index >= 15 is 0 Å². The molecule has 0 aromatic rings. The molecule has 0 aliphatic carbocycles. The Morgan fingerprint density at radius 3 is 2.33 bits per heavy atom. The van der Waals surface area contributed by atoms with E-state index in [1.807, 2.05) is 6.92 Å². The van der Waals surface area contributed by atoms with E-state index in [0.717, 1.165) is 19.3 Å². The minimum Gasteiger partial charge on any atom is -0.382 e. The molecule has 0 aliphatic rings. The molecular weight excluding hydrogens is 192 g/mol. The molecule has 0 fully saturated rings. The summed E-state index contributed by atoms with van der Waals surface area (Å²) >= 11 is 0. The summed E-state index contributed by atoms with van der Waals surface area (Å²) in [6, 6.07) is 0.286. The van der Waals surface area contributed by atoms with Crippen molar-refractivity contribution < 1.29 is 9.47 Å². The van der Waals surface area contributed by atoms with E-state index in [1.54, 1.807) is 14.2 Å². The Balaban J connectivity index is 3.89. The molecule has 15 heavy (non-hydrogen) atoms. The number of nitrogens with one attached hydrogen (secondary N) is 1. The molecule has 0 aliphatic heterocycles. The SMILES string of the molecule is COC(C)CC(CCC(C)(C)OC)NN. The predicted molar refractivity (Wildman–Crippen MR) is 62.5 cm³/mol. The number of hydrogen-bond acceptors (Lipinski definition) is 4. The number of hydrazine groups is 1. The molecular formula is C11H26N2O2. The molecule has 0 amide bonds. The third-order valence-electron chi connectivity index (χ3n) is 2.90. The van der Waals surface area contributed by atoms with E-state index in [-0.39, 0.29) is 17.7 Å². The quantitative estimate of drug-likeness (QED) is 0.478. The Morgan fingerprint density at radius 2 is 1.93 bits per heavy atom. The molecule has 92 valence electrons. The van der Waals surface area contributed by atoms with Crippen molar-refractivity contribution in [2.75, 3.05) is 14.2 Å². The lowest BCUT2D eigenvalue weighted by Gasteiger charge is -2.26. The van der Waals surface area contributed by atoms with Crippen LogP contribution in [0.5, 0.6) is 0 Å². The van der Waals surface area contributed by atoms with Crippen LogP contribution in [0.2, 0.25) is 0 Å². The summed E-state index contributed by atoms with van der Waals surface area (Å²) in [5.74, 6) is 5.50. The highest BCUT2D eigenvalue weighted by Gasteiger charge is 2.19. The van der Waals surface area contributed by atoms with Gasteiger partial charge in [0.2, 0.25) is 0 Å². The average molecular weight is 218 g/mol. The molecule has 0 bridgehead atoms. The summed E-state index contributed by atoms with van der Waals surface area (Å²) in [7, 11) is 3.46. The van der Waals surface area contributed by atoms with Gasteiger partial charge in [-0.1, -0.05) is 0 Å². The van der Waals surface area contributed by atoms with Crippen LogP contribution < -0.4 is 11.3 Å². The lowest BCUT2D eigenvalue weighted by molar-refractivity contribution is 0.00963. The Kier molecular flexibility index (Phi) is 7.09. The highest BCUT2D eigenvalue weighted by molar-refractivity contribution is 4.74. The molecule has 0 rings (SSSR count). The fourth-order valence-corrected chi connectivity index (χ4v) is 1.39. The second kappa shape index (κ2) is 7.17. The normalized spacial score (nSPS) is 16.4. The summed E-state index contributed by atoms with van der Waals surface area (Å²) in [6.07, 6.45) is 3.13. The monoisotopic (exact) mass is 218 g/mol. The zero-order chi connectivity index (χ0) is 11.9. The summed E-state index contributed by atoms with van der Waals surface area (Å²) in [6.45, 7) is 6.21. The molecule has 0 saturated carbocycles. The van der Waals surface area contributed by atoms with Crippen molar-refractivity contribution in [2.45, 2.75) is 57.8 Å². The second-order valence-corrected chi connectivity index (χ2v) is 4.65. The van der Waals surface area contributed by atoms with Crippen LogP contribution in [0.1, 0.15) is 40.0 Å². The van der Waals surface area contributed by atoms with Gasteiger partial charge in [-0.25, -0.2) is 0 Å². The molecule has 0 radical (unpaired) electrons. The van der Waals surface area contributed by atoms with Gasteiger partial charge < -0.3 is 9.47 Å². The van der Waals surface area contributed by atoms with Gasteiger partial charge in [0.25, 0.3) is 0 Å². The predicted octanol–water partition coefficient (Wildman–Crippen LogP) is 1.45. The molecule has 4 heteroatoms. The van der Waals surface area contributed by atoms with Crippen LogP contribution in [0, 0.1) is 0 Å². The van der Waals surface area contributed by atoms with Crippen molar-refractivity contribution in [1.82, 2.24) is 5.43 Å². The molecule has 3 N–H and O–H groups in total. The van der Waals surface area contributed by atoms with Crippen LogP contribution in [0.4, 0.5) is 0 Å². The smallest absolute Gasteiger partial charge is 0.0623 e. The van der Waals surface area contributed by atoms with Crippen LogP contribution in [-0.4, -0.2) is 32.0 Å². The average Bonchev–Trinajstić information content (AvgIpc) is 2.23. The van der Waals surface area contributed by atoms with Gasteiger partial charge >= 0.3 is 0 Å². The van der Waals surface area contributed by atoms with Crippen LogP contribution in [-0.2, 0) is 9.47 Å². The van der Waals surface area contributed by atoms with Gasteiger partial charge in [-0.3, -0.25) is 11.3 Å². The van der Waals surface area contributed by atoms with Gasteiger partial charge in [0.05, 0.1) is 11.7 Å². The Bertz CT molecular complexity index is 163. The largest absolute Gasteiger partial charge is 0.382 e. The molecule has 0 aromatic carbocycles. The Morgan fingerprint density at radius 1 is 1.33 bits per heavy atom. The number of rotatable bonds is 8. The first-order valence-corrected chi connectivity index (χ1v) is 5.49. The Hall–Kier alpha value is -0.160. The fraction of sp³-hybridized carbons (Fsp3) is 1.00. The summed E-state index contributed by atoms with van der Waals surface area (Å²) in [5, 5.41) is 0. The number of methoxy groups -OCH3 is 2. The maximum Gasteiger partial charge on any atom is 0.0623 e. The molecule has 2 unspecified atom stereocenters. The maximum absolute atomic E-state index is 5.50. The summed E-state index contributed by atoms with van der Waals surface area (Å²) < 4.78 is 10.6. The standard InChI is InChI=1S/C11H26N2O2/c1-9(14-4)8-10(13-12)6-7-11(2,3)15-5/h9-10,13H,6-8,12H2,1-5H3. The summed E-state index contributed by atoms with van der Waals surface area (Å²) in [5.41, 5.74) is 2.75. The first kappa shape index (κ1) is 14.8. The third-order valence-corrected chi connectivity index (χ3v) is 2.90. The third kappa shape index (κ3) is 6.84. The lowest BCUT2D eigenvalue weighted by Crippen LogP contribution is -2.39. The Labute approximate surface area is 93.5 Å². The van der Waals surface area contributed by atoms with Crippen molar-refractivity contribution >= 4 is 0 Å². The highest BCUT2D eigenvalue weighted by Crippen LogP contribution is 2.18. The van der Waals surface area contributed by atoms with Crippen LogP contribution in [0.3, 0.4) is 0 Å². The molecule has 0 saturated heterocycles. The van der Waals surface area contributed by atoms with Crippen molar-refractivity contribution in [3.8, 4) is 0 Å². The van der Waals surface area contributed by atoms with E-state index in [0.29, 0.717) is 0 Å². The van der Waals surface area contributed by atoms with Crippen molar-refractivity contribution in [2.24, 2.45) is 5.84 Å².